The molecule has 1 aliphatic rings. The van der Waals surface area contributed by atoms with E-state index in [1.54, 1.807) is 54.6 Å². The third kappa shape index (κ3) is 3.82. The molecular weight excluding hydrogens is 431 g/mol. The summed E-state index contributed by atoms with van der Waals surface area (Å²) in [6, 6.07) is 17.9. The maximum Gasteiger partial charge on any atom is 0.255 e. The van der Waals surface area contributed by atoms with E-state index in [2.05, 4.69) is 15.3 Å². The highest BCUT2D eigenvalue weighted by molar-refractivity contribution is 7.93. The number of sulfonamides is 1. The van der Waals surface area contributed by atoms with E-state index in [0.717, 1.165) is 0 Å². The number of carbonyl (C=O) groups excluding carboxylic acids is 1. The van der Waals surface area contributed by atoms with Gasteiger partial charge in [-0.15, -0.1) is 0 Å². The van der Waals surface area contributed by atoms with Gasteiger partial charge in [-0.2, -0.15) is 0 Å². The predicted molar refractivity (Wildman–Crippen MR) is 122 cm³/mol. The van der Waals surface area contributed by atoms with Crippen LogP contribution in [0.25, 0.3) is 22.4 Å². The van der Waals surface area contributed by atoms with Crippen LogP contribution in [0.3, 0.4) is 0 Å². The number of amides is 1. The summed E-state index contributed by atoms with van der Waals surface area (Å²) in [6.45, 7) is 0.454. The second kappa shape index (κ2) is 7.76. The SMILES string of the molecule is O=C(Nc1ccc2nc(-c3cccc(F)c3)[nH]c2c1)c1ccc(N2CCCS2(=O)=O)cc1. The predicted octanol–water partition coefficient (Wildman–Crippen LogP) is 4.16. The molecule has 2 heterocycles. The smallest absolute Gasteiger partial charge is 0.255 e. The van der Waals surface area contributed by atoms with E-state index >= 15 is 0 Å². The molecule has 1 aromatic heterocycles. The van der Waals surface area contributed by atoms with E-state index in [4.69, 9.17) is 0 Å². The molecule has 0 radical (unpaired) electrons. The second-order valence-corrected chi connectivity index (χ2v) is 9.58. The number of imidazole rings is 1. The lowest BCUT2D eigenvalue weighted by molar-refractivity contribution is 0.102. The molecule has 7 nitrogen and oxygen atoms in total. The zero-order valence-electron chi connectivity index (χ0n) is 16.9. The first-order chi connectivity index (χ1) is 15.4. The minimum absolute atomic E-state index is 0.145. The Hall–Kier alpha value is -3.72. The van der Waals surface area contributed by atoms with Crippen LogP contribution in [0.1, 0.15) is 16.8 Å². The van der Waals surface area contributed by atoms with Gasteiger partial charge in [0.25, 0.3) is 5.91 Å². The molecule has 0 atom stereocenters. The van der Waals surface area contributed by atoms with Gasteiger partial charge in [0.2, 0.25) is 10.0 Å². The van der Waals surface area contributed by atoms with Gasteiger partial charge < -0.3 is 10.3 Å². The van der Waals surface area contributed by atoms with Crippen molar-refractivity contribution < 1.29 is 17.6 Å². The Morgan fingerprint density at radius 2 is 1.88 bits per heavy atom. The lowest BCUT2D eigenvalue weighted by atomic mass is 10.2. The summed E-state index contributed by atoms with van der Waals surface area (Å²) in [6.07, 6.45) is 0.599. The monoisotopic (exact) mass is 450 g/mol. The van der Waals surface area contributed by atoms with Crippen molar-refractivity contribution in [3.05, 3.63) is 78.1 Å². The molecule has 5 rings (SSSR count). The van der Waals surface area contributed by atoms with Gasteiger partial charge in [0.15, 0.2) is 0 Å². The van der Waals surface area contributed by atoms with E-state index in [1.807, 2.05) is 0 Å². The minimum atomic E-state index is -3.26. The Morgan fingerprint density at radius 3 is 2.59 bits per heavy atom. The molecule has 32 heavy (non-hydrogen) atoms. The lowest BCUT2D eigenvalue weighted by Crippen LogP contribution is -2.25. The first-order valence-corrected chi connectivity index (χ1v) is 11.7. The van der Waals surface area contributed by atoms with Gasteiger partial charge in [-0.05, 0) is 61.0 Å². The summed E-state index contributed by atoms with van der Waals surface area (Å²) in [5.41, 5.74) is 3.57. The van der Waals surface area contributed by atoms with Crippen molar-refractivity contribution in [3.8, 4) is 11.4 Å². The van der Waals surface area contributed by atoms with Gasteiger partial charge in [-0.3, -0.25) is 9.10 Å². The highest BCUT2D eigenvalue weighted by Gasteiger charge is 2.28. The fourth-order valence-corrected chi connectivity index (χ4v) is 5.34. The molecule has 2 N–H and O–H groups in total. The summed E-state index contributed by atoms with van der Waals surface area (Å²) in [4.78, 5) is 20.3. The van der Waals surface area contributed by atoms with Crippen LogP contribution in [-0.4, -0.2) is 36.6 Å². The summed E-state index contributed by atoms with van der Waals surface area (Å²) in [7, 11) is -3.26. The molecule has 1 aliphatic heterocycles. The molecule has 9 heteroatoms. The number of halogens is 1. The van der Waals surface area contributed by atoms with E-state index < -0.39 is 10.0 Å². The Bertz CT molecular complexity index is 1430. The summed E-state index contributed by atoms with van der Waals surface area (Å²) in [5.74, 6) is 0.0245. The molecule has 1 saturated heterocycles. The average Bonchev–Trinajstić information content (AvgIpc) is 3.36. The molecule has 0 bridgehead atoms. The third-order valence-electron chi connectivity index (χ3n) is 5.35. The number of hydrogen-bond donors (Lipinski definition) is 2. The van der Waals surface area contributed by atoms with Crippen LogP contribution in [0.4, 0.5) is 15.8 Å². The number of nitrogens with one attached hydrogen (secondary N) is 2. The first-order valence-electron chi connectivity index (χ1n) is 10.1. The fraction of sp³-hybridized carbons (Fsp3) is 0.130. The van der Waals surface area contributed by atoms with Crippen LogP contribution in [0.5, 0.6) is 0 Å². The van der Waals surface area contributed by atoms with Crippen molar-refractivity contribution in [2.75, 3.05) is 21.9 Å². The Morgan fingerprint density at radius 1 is 1.06 bits per heavy atom. The fourth-order valence-electron chi connectivity index (χ4n) is 3.77. The summed E-state index contributed by atoms with van der Waals surface area (Å²) in [5, 5.41) is 2.84. The third-order valence-corrected chi connectivity index (χ3v) is 7.22. The number of aromatic amines is 1. The van der Waals surface area contributed by atoms with Crippen LogP contribution in [0.15, 0.2) is 66.7 Å². The van der Waals surface area contributed by atoms with E-state index in [9.17, 15) is 17.6 Å². The van der Waals surface area contributed by atoms with Gasteiger partial charge in [0.1, 0.15) is 11.6 Å². The molecule has 0 saturated carbocycles. The number of rotatable bonds is 4. The van der Waals surface area contributed by atoms with Gasteiger partial charge in [0.05, 0.1) is 22.5 Å². The number of fused-ring (bicyclic) bond motifs is 1. The molecule has 0 aliphatic carbocycles. The topological polar surface area (TPSA) is 95.2 Å². The van der Waals surface area contributed by atoms with Gasteiger partial charge in [-0.25, -0.2) is 17.8 Å². The molecule has 4 aromatic rings. The first kappa shape index (κ1) is 20.2. The van der Waals surface area contributed by atoms with Crippen molar-refractivity contribution in [3.63, 3.8) is 0 Å². The van der Waals surface area contributed by atoms with Crippen LogP contribution in [0, 0.1) is 5.82 Å². The highest BCUT2D eigenvalue weighted by atomic mass is 32.2. The quantitative estimate of drug-likeness (QED) is 0.488. The Balaban J connectivity index is 1.34. The number of benzene rings is 3. The second-order valence-electron chi connectivity index (χ2n) is 7.57. The molecule has 1 fully saturated rings. The summed E-state index contributed by atoms with van der Waals surface area (Å²) < 4.78 is 39.0. The standard InChI is InChI=1S/C23H19FN4O3S/c24-17-4-1-3-16(13-17)22-26-20-10-7-18(14-21(20)27-22)25-23(29)15-5-8-19(9-6-15)28-11-2-12-32(28,30)31/h1,3-10,13-14H,2,11-12H2,(H,25,29)(H,26,27). The minimum Gasteiger partial charge on any atom is -0.338 e. The number of anilines is 2. The Labute approximate surface area is 184 Å². The van der Waals surface area contributed by atoms with Gasteiger partial charge >= 0.3 is 0 Å². The molecule has 1 amide bonds. The molecule has 3 aromatic carbocycles. The molecule has 0 unspecified atom stereocenters. The van der Waals surface area contributed by atoms with Gasteiger partial charge in [-0.1, -0.05) is 12.1 Å². The molecule has 162 valence electrons. The zero-order chi connectivity index (χ0) is 22.3. The van der Waals surface area contributed by atoms with Crippen LogP contribution < -0.4 is 9.62 Å². The van der Waals surface area contributed by atoms with Crippen molar-refractivity contribution in [1.29, 1.82) is 0 Å². The maximum atomic E-state index is 13.5. The number of H-pyrrole nitrogens is 1. The average molecular weight is 450 g/mol. The van der Waals surface area contributed by atoms with Crippen molar-refractivity contribution in [2.24, 2.45) is 0 Å². The normalized spacial score (nSPS) is 15.2. The molecule has 0 spiro atoms. The summed E-state index contributed by atoms with van der Waals surface area (Å²) >= 11 is 0. The van der Waals surface area contributed by atoms with Crippen LogP contribution in [-0.2, 0) is 10.0 Å². The number of nitrogens with zero attached hydrogens (tertiary/aromatic N) is 2. The lowest BCUT2D eigenvalue weighted by Gasteiger charge is -2.17. The maximum absolute atomic E-state index is 13.5. The number of hydrogen-bond acceptors (Lipinski definition) is 4. The van der Waals surface area contributed by atoms with Crippen molar-refractivity contribution in [1.82, 2.24) is 9.97 Å². The number of aromatic nitrogens is 2. The van der Waals surface area contributed by atoms with E-state index in [-0.39, 0.29) is 17.5 Å². The van der Waals surface area contributed by atoms with Crippen molar-refractivity contribution >= 4 is 38.3 Å². The highest BCUT2D eigenvalue weighted by Crippen LogP contribution is 2.26. The van der Waals surface area contributed by atoms with Gasteiger partial charge in [0, 0.05) is 23.4 Å². The number of carbonyl (C=O) groups is 1. The van der Waals surface area contributed by atoms with Crippen molar-refractivity contribution in [2.45, 2.75) is 6.42 Å². The van der Waals surface area contributed by atoms with E-state index in [0.29, 0.717) is 52.3 Å². The van der Waals surface area contributed by atoms with E-state index in [1.165, 1.54) is 16.4 Å². The largest absolute Gasteiger partial charge is 0.338 e. The van der Waals surface area contributed by atoms with Crippen LogP contribution >= 0.6 is 0 Å². The molecular formula is C23H19FN4O3S. The zero-order valence-corrected chi connectivity index (χ0v) is 17.7. The van der Waals surface area contributed by atoms with Crippen LogP contribution in [0.2, 0.25) is 0 Å². The Kier molecular flexibility index (Phi) is 4.90.